The summed E-state index contributed by atoms with van der Waals surface area (Å²) in [5.74, 6) is 3.28. The molecule has 212 valence electrons. The maximum absolute atomic E-state index is 14.9. The Morgan fingerprint density at radius 3 is 2.08 bits per heavy atom. The summed E-state index contributed by atoms with van der Waals surface area (Å²) in [4.78, 5) is 0. The molecule has 0 aliphatic heterocycles. The first-order valence-corrected chi connectivity index (χ1v) is 16.4. The number of allylic oxidation sites excluding steroid dienone is 4. The Labute approximate surface area is 232 Å². The van der Waals surface area contributed by atoms with Crippen LogP contribution in [-0.4, -0.2) is 0 Å². The summed E-state index contributed by atoms with van der Waals surface area (Å²) >= 11 is 0. The second kappa shape index (κ2) is 15.4. The first-order valence-electron chi connectivity index (χ1n) is 16.4. The fourth-order valence-corrected chi connectivity index (χ4v) is 8.02. The molecule has 0 nitrogen and oxygen atoms in total. The first kappa shape index (κ1) is 29.5. The highest BCUT2D eigenvalue weighted by atomic mass is 19.2. The number of benzene rings is 1. The van der Waals surface area contributed by atoms with E-state index in [1.54, 1.807) is 0 Å². The van der Waals surface area contributed by atoms with Crippen molar-refractivity contribution in [3.05, 3.63) is 53.1 Å². The van der Waals surface area contributed by atoms with E-state index in [0.29, 0.717) is 17.5 Å². The van der Waals surface area contributed by atoms with Gasteiger partial charge in [-0.25, -0.2) is 8.78 Å². The van der Waals surface area contributed by atoms with Gasteiger partial charge in [0.2, 0.25) is 0 Å². The summed E-state index contributed by atoms with van der Waals surface area (Å²) in [5.41, 5.74) is 2.08. The van der Waals surface area contributed by atoms with Crippen molar-refractivity contribution in [1.82, 2.24) is 0 Å². The molecule has 38 heavy (non-hydrogen) atoms. The maximum atomic E-state index is 14.9. The lowest BCUT2D eigenvalue weighted by atomic mass is 9.65. The van der Waals surface area contributed by atoms with Crippen LogP contribution in [0.1, 0.15) is 141 Å². The zero-order valence-corrected chi connectivity index (χ0v) is 24.5. The minimum absolute atomic E-state index is 0.511. The molecule has 2 saturated carbocycles. The van der Waals surface area contributed by atoms with Crippen LogP contribution >= 0.6 is 0 Å². The number of unbranched alkanes of at least 4 members (excludes halogenated alkanes) is 4. The van der Waals surface area contributed by atoms with Crippen molar-refractivity contribution in [2.24, 2.45) is 29.6 Å². The molecule has 0 spiro atoms. The average molecular weight is 525 g/mol. The molecule has 0 amide bonds. The predicted molar refractivity (Wildman–Crippen MR) is 159 cm³/mol. The average Bonchev–Trinajstić information content (AvgIpc) is 2.96. The molecule has 0 radical (unpaired) electrons. The molecule has 0 bridgehead atoms. The largest absolute Gasteiger partial charge is 0.203 e. The predicted octanol–water partition coefficient (Wildman–Crippen LogP) is 11.6. The number of hydrogen-bond donors (Lipinski definition) is 0. The number of rotatable bonds is 12. The lowest BCUT2D eigenvalue weighted by Crippen LogP contribution is -2.28. The third kappa shape index (κ3) is 8.04. The quantitative estimate of drug-likeness (QED) is 0.188. The van der Waals surface area contributed by atoms with Crippen LogP contribution in [0.5, 0.6) is 0 Å². The van der Waals surface area contributed by atoms with Crippen LogP contribution in [0.3, 0.4) is 0 Å². The van der Waals surface area contributed by atoms with E-state index in [-0.39, 0.29) is 0 Å². The molecule has 0 aromatic heterocycles. The van der Waals surface area contributed by atoms with E-state index < -0.39 is 11.6 Å². The second-order valence-electron chi connectivity index (χ2n) is 12.9. The van der Waals surface area contributed by atoms with Crippen molar-refractivity contribution in [1.29, 1.82) is 0 Å². The van der Waals surface area contributed by atoms with E-state index in [9.17, 15) is 8.78 Å². The zero-order chi connectivity index (χ0) is 26.7. The Morgan fingerprint density at radius 1 is 0.763 bits per heavy atom. The Morgan fingerprint density at radius 2 is 1.45 bits per heavy atom. The Hall–Kier alpha value is -1.44. The van der Waals surface area contributed by atoms with Gasteiger partial charge < -0.3 is 0 Å². The number of hydrogen-bond acceptors (Lipinski definition) is 0. The third-order valence-corrected chi connectivity index (χ3v) is 10.5. The third-order valence-electron chi connectivity index (χ3n) is 10.5. The second-order valence-corrected chi connectivity index (χ2v) is 12.9. The summed E-state index contributed by atoms with van der Waals surface area (Å²) in [6.07, 6.45) is 30.6. The van der Waals surface area contributed by atoms with Gasteiger partial charge in [-0.1, -0.05) is 75.8 Å². The highest BCUT2D eigenvalue weighted by molar-refractivity contribution is 5.67. The molecule has 0 saturated heterocycles. The topological polar surface area (TPSA) is 0 Å². The zero-order valence-electron chi connectivity index (χ0n) is 24.5. The van der Waals surface area contributed by atoms with Crippen molar-refractivity contribution >= 4 is 5.57 Å². The molecular weight excluding hydrogens is 470 g/mol. The minimum Gasteiger partial charge on any atom is -0.203 e. The molecule has 3 aliphatic carbocycles. The standard InChI is InChI=1S/C36H54F2/c1-3-5-7-8-10-11-27-13-15-28(16-14-27)29-17-19-30(20-18-29)31-21-23-32(24-22-31)34-26-25-33(12-9-6-4-2)35(37)36(34)38/h3,5,23,25-31H,4,6-22,24H2,1-2H3. The molecule has 0 N–H and O–H groups in total. The van der Waals surface area contributed by atoms with E-state index in [1.165, 1.54) is 77.0 Å². The van der Waals surface area contributed by atoms with Crippen LogP contribution in [0.15, 0.2) is 30.4 Å². The van der Waals surface area contributed by atoms with Gasteiger partial charge in [0, 0.05) is 5.56 Å². The van der Waals surface area contributed by atoms with Crippen LogP contribution in [-0.2, 0) is 6.42 Å². The van der Waals surface area contributed by atoms with Gasteiger partial charge in [-0.2, -0.15) is 0 Å². The molecule has 2 heteroatoms. The first-order chi connectivity index (χ1) is 18.6. The van der Waals surface area contributed by atoms with Crippen molar-refractivity contribution in [2.45, 2.75) is 136 Å². The monoisotopic (exact) mass is 524 g/mol. The van der Waals surface area contributed by atoms with Gasteiger partial charge in [-0.05, 0) is 131 Å². The molecule has 1 aromatic rings. The van der Waals surface area contributed by atoms with Crippen LogP contribution in [0, 0.1) is 41.2 Å². The van der Waals surface area contributed by atoms with Gasteiger partial charge in [-0.15, -0.1) is 0 Å². The van der Waals surface area contributed by atoms with E-state index in [2.05, 4.69) is 32.1 Å². The highest BCUT2D eigenvalue weighted by Gasteiger charge is 2.34. The van der Waals surface area contributed by atoms with Gasteiger partial charge in [0.15, 0.2) is 11.6 Å². The molecule has 4 rings (SSSR count). The lowest BCUT2D eigenvalue weighted by molar-refractivity contribution is 0.120. The molecule has 1 aromatic carbocycles. The minimum atomic E-state index is -0.618. The summed E-state index contributed by atoms with van der Waals surface area (Å²) in [7, 11) is 0. The number of halogens is 2. The number of aryl methyl sites for hydroxylation is 1. The van der Waals surface area contributed by atoms with E-state index in [4.69, 9.17) is 0 Å². The van der Waals surface area contributed by atoms with Crippen LogP contribution in [0.2, 0.25) is 0 Å². The van der Waals surface area contributed by atoms with Crippen molar-refractivity contribution in [3.8, 4) is 0 Å². The summed E-state index contributed by atoms with van der Waals surface area (Å²) < 4.78 is 29.7. The van der Waals surface area contributed by atoms with Gasteiger partial charge in [-0.3, -0.25) is 0 Å². The lowest BCUT2D eigenvalue weighted by Gasteiger charge is -2.40. The molecular formula is C36H54F2. The van der Waals surface area contributed by atoms with Crippen molar-refractivity contribution in [2.75, 3.05) is 0 Å². The maximum Gasteiger partial charge on any atom is 0.166 e. The van der Waals surface area contributed by atoms with Gasteiger partial charge in [0.25, 0.3) is 0 Å². The Bertz CT molecular complexity index is 896. The SMILES string of the molecule is CC=CCCCCC1CCC(C2CCC(C3CC=C(c4ccc(CCCCC)c(F)c4F)CC3)CC2)CC1. The normalized spacial score (nSPS) is 28.5. The van der Waals surface area contributed by atoms with Crippen molar-refractivity contribution in [3.63, 3.8) is 0 Å². The van der Waals surface area contributed by atoms with Crippen LogP contribution in [0.25, 0.3) is 5.57 Å². The molecule has 1 atom stereocenters. The van der Waals surface area contributed by atoms with E-state index in [1.807, 2.05) is 12.1 Å². The summed E-state index contributed by atoms with van der Waals surface area (Å²) in [6, 6.07) is 3.67. The molecule has 3 aliphatic rings. The van der Waals surface area contributed by atoms with Gasteiger partial charge >= 0.3 is 0 Å². The molecule has 1 unspecified atom stereocenters. The molecule has 0 heterocycles. The van der Waals surface area contributed by atoms with Gasteiger partial charge in [0.05, 0.1) is 0 Å². The fraction of sp³-hybridized carbons (Fsp3) is 0.722. The van der Waals surface area contributed by atoms with E-state index >= 15 is 0 Å². The Balaban J connectivity index is 1.19. The summed E-state index contributed by atoms with van der Waals surface area (Å²) in [6.45, 7) is 4.26. The Kier molecular flexibility index (Phi) is 12.0. The smallest absolute Gasteiger partial charge is 0.166 e. The summed E-state index contributed by atoms with van der Waals surface area (Å²) in [5, 5.41) is 0. The van der Waals surface area contributed by atoms with Crippen LogP contribution in [0.4, 0.5) is 8.78 Å². The highest BCUT2D eigenvalue weighted by Crippen LogP contribution is 2.46. The van der Waals surface area contributed by atoms with Crippen LogP contribution < -0.4 is 0 Å². The molecule has 2 fully saturated rings. The fourth-order valence-electron chi connectivity index (χ4n) is 8.02. The van der Waals surface area contributed by atoms with E-state index in [0.717, 1.165) is 73.7 Å². The van der Waals surface area contributed by atoms with Gasteiger partial charge in [0.1, 0.15) is 0 Å². The van der Waals surface area contributed by atoms with Crippen molar-refractivity contribution < 1.29 is 8.78 Å².